The molecule has 2 aromatic carbocycles. The lowest BCUT2D eigenvalue weighted by Crippen LogP contribution is -2.43. The first-order chi connectivity index (χ1) is 12.2. The van der Waals surface area contributed by atoms with Gasteiger partial charge in [-0.25, -0.2) is 0 Å². The fraction of sp³-hybridized carbons (Fsp3) is 0.250. The predicted molar refractivity (Wildman–Crippen MR) is 99.4 cm³/mol. The van der Waals surface area contributed by atoms with E-state index in [9.17, 15) is 9.59 Å². The van der Waals surface area contributed by atoms with E-state index >= 15 is 0 Å². The minimum atomic E-state index is -0.390. The standard InChI is InChI=1S/C20H19N3O2/c1-14(15-6-3-2-4-7-15)22-12-5-13-23(16-8-10-21-11-9-16)18-17(22)19(24)20(18)25/h2-4,6-11,14H,5,12-13H2,1H3. The highest BCUT2D eigenvalue weighted by Gasteiger charge is 2.35. The molecule has 126 valence electrons. The second kappa shape index (κ2) is 6.16. The summed E-state index contributed by atoms with van der Waals surface area (Å²) in [4.78, 5) is 32.8. The fourth-order valence-electron chi connectivity index (χ4n) is 3.59. The lowest BCUT2D eigenvalue weighted by molar-refractivity contribution is 0.655. The number of hydrogen-bond donors (Lipinski definition) is 0. The molecule has 0 saturated heterocycles. The Bertz CT molecular complexity index is 946. The molecule has 1 aliphatic heterocycles. The van der Waals surface area contributed by atoms with Gasteiger partial charge in [0.15, 0.2) is 0 Å². The summed E-state index contributed by atoms with van der Waals surface area (Å²) in [5.41, 5.74) is 2.35. The largest absolute Gasteiger partial charge is 0.360 e. The fourth-order valence-corrected chi connectivity index (χ4v) is 3.59. The molecule has 0 radical (unpaired) electrons. The Balaban J connectivity index is 1.77. The maximum Gasteiger partial charge on any atom is 0.253 e. The van der Waals surface area contributed by atoms with Crippen LogP contribution in [0, 0.1) is 0 Å². The molecule has 0 aliphatic carbocycles. The summed E-state index contributed by atoms with van der Waals surface area (Å²) in [6.07, 6.45) is 4.28. The molecular formula is C20H19N3O2. The predicted octanol–water partition coefficient (Wildman–Crippen LogP) is 2.79. The zero-order valence-electron chi connectivity index (χ0n) is 14.1. The third-order valence-corrected chi connectivity index (χ3v) is 4.92. The molecule has 2 heterocycles. The third-order valence-electron chi connectivity index (χ3n) is 4.92. The maximum atomic E-state index is 12.4. The molecule has 3 aromatic rings. The first-order valence-electron chi connectivity index (χ1n) is 8.51. The Morgan fingerprint density at radius 3 is 2.32 bits per heavy atom. The van der Waals surface area contributed by atoms with Crippen molar-refractivity contribution in [1.82, 2.24) is 4.98 Å². The topological polar surface area (TPSA) is 53.5 Å². The van der Waals surface area contributed by atoms with Crippen molar-refractivity contribution in [2.45, 2.75) is 19.4 Å². The normalized spacial score (nSPS) is 15.7. The number of aromatic nitrogens is 1. The van der Waals surface area contributed by atoms with E-state index in [-0.39, 0.29) is 16.9 Å². The molecule has 0 spiro atoms. The van der Waals surface area contributed by atoms with Gasteiger partial charge in [-0.1, -0.05) is 30.3 Å². The second-order valence-corrected chi connectivity index (χ2v) is 6.35. The molecule has 5 nitrogen and oxygen atoms in total. The van der Waals surface area contributed by atoms with Crippen LogP contribution in [0.25, 0.3) is 0 Å². The second-order valence-electron chi connectivity index (χ2n) is 6.35. The van der Waals surface area contributed by atoms with Gasteiger partial charge in [-0.05, 0) is 31.0 Å². The van der Waals surface area contributed by atoms with E-state index in [0.29, 0.717) is 17.9 Å². The summed E-state index contributed by atoms with van der Waals surface area (Å²) in [5, 5.41) is 0. The van der Waals surface area contributed by atoms with Crippen molar-refractivity contribution in [3.63, 3.8) is 0 Å². The summed E-state index contributed by atoms with van der Waals surface area (Å²) in [6.45, 7) is 3.54. The average molecular weight is 333 g/mol. The number of anilines is 3. The number of pyridine rings is 1. The zero-order valence-corrected chi connectivity index (χ0v) is 14.1. The third kappa shape index (κ3) is 2.52. The summed E-state index contributed by atoms with van der Waals surface area (Å²) < 4.78 is 0. The molecular weight excluding hydrogens is 314 g/mol. The average Bonchev–Trinajstić information content (AvgIpc) is 2.86. The van der Waals surface area contributed by atoms with Gasteiger partial charge < -0.3 is 9.80 Å². The Labute approximate surface area is 145 Å². The molecule has 1 atom stereocenters. The molecule has 0 fully saturated rings. The highest BCUT2D eigenvalue weighted by Crippen LogP contribution is 2.37. The molecule has 0 N–H and O–H groups in total. The summed E-state index contributed by atoms with van der Waals surface area (Å²) in [6, 6.07) is 13.9. The smallest absolute Gasteiger partial charge is 0.253 e. The van der Waals surface area contributed by atoms with Gasteiger partial charge in [-0.15, -0.1) is 0 Å². The van der Waals surface area contributed by atoms with Crippen molar-refractivity contribution in [3.05, 3.63) is 80.9 Å². The molecule has 0 amide bonds. The summed E-state index contributed by atoms with van der Waals surface area (Å²) in [5.74, 6) is 0. The van der Waals surface area contributed by atoms with Gasteiger partial charge in [0, 0.05) is 31.2 Å². The number of nitrogens with zero attached hydrogens (tertiary/aromatic N) is 3. The quantitative estimate of drug-likeness (QED) is 0.690. The Morgan fingerprint density at radius 2 is 1.60 bits per heavy atom. The lowest BCUT2D eigenvalue weighted by Gasteiger charge is -2.32. The molecule has 25 heavy (non-hydrogen) atoms. The van der Waals surface area contributed by atoms with Crippen LogP contribution in [0.5, 0.6) is 0 Å². The first-order valence-corrected chi connectivity index (χ1v) is 8.51. The first kappa shape index (κ1) is 15.6. The maximum absolute atomic E-state index is 12.4. The van der Waals surface area contributed by atoms with E-state index in [1.807, 2.05) is 35.2 Å². The highest BCUT2D eigenvalue weighted by atomic mass is 16.2. The van der Waals surface area contributed by atoms with E-state index in [4.69, 9.17) is 0 Å². The van der Waals surface area contributed by atoms with Gasteiger partial charge in [0.2, 0.25) is 0 Å². The van der Waals surface area contributed by atoms with E-state index < -0.39 is 0 Å². The molecule has 0 bridgehead atoms. The van der Waals surface area contributed by atoms with Crippen LogP contribution >= 0.6 is 0 Å². The molecule has 1 aromatic heterocycles. The van der Waals surface area contributed by atoms with Crippen LogP contribution in [0.3, 0.4) is 0 Å². The van der Waals surface area contributed by atoms with E-state index in [0.717, 1.165) is 24.2 Å². The highest BCUT2D eigenvalue weighted by molar-refractivity contribution is 5.82. The van der Waals surface area contributed by atoms with Crippen LogP contribution in [-0.4, -0.2) is 18.1 Å². The van der Waals surface area contributed by atoms with E-state index in [1.165, 1.54) is 0 Å². The number of fused-ring (bicyclic) bond motifs is 1. The van der Waals surface area contributed by atoms with Gasteiger partial charge in [-0.2, -0.15) is 0 Å². The number of rotatable bonds is 3. The van der Waals surface area contributed by atoms with Crippen molar-refractivity contribution in [2.75, 3.05) is 22.9 Å². The molecule has 1 aliphatic rings. The van der Waals surface area contributed by atoms with Crippen LogP contribution in [0.1, 0.15) is 24.9 Å². The van der Waals surface area contributed by atoms with Crippen LogP contribution in [0.2, 0.25) is 0 Å². The van der Waals surface area contributed by atoms with Crippen molar-refractivity contribution in [1.29, 1.82) is 0 Å². The van der Waals surface area contributed by atoms with E-state index in [1.54, 1.807) is 12.4 Å². The SMILES string of the molecule is CC(c1ccccc1)N1CCCN(c2ccncc2)c2c1c(=O)c2=O. The van der Waals surface area contributed by atoms with Crippen LogP contribution in [-0.2, 0) is 0 Å². The Morgan fingerprint density at radius 1 is 0.920 bits per heavy atom. The Kier molecular flexibility index (Phi) is 3.84. The molecule has 5 heteroatoms. The Hall–Kier alpha value is -2.95. The van der Waals surface area contributed by atoms with Crippen LogP contribution in [0.15, 0.2) is 64.4 Å². The summed E-state index contributed by atoms with van der Waals surface area (Å²) in [7, 11) is 0. The molecule has 0 saturated carbocycles. The summed E-state index contributed by atoms with van der Waals surface area (Å²) >= 11 is 0. The lowest BCUT2D eigenvalue weighted by atomic mass is 10.0. The number of hydrogen-bond acceptors (Lipinski definition) is 5. The van der Waals surface area contributed by atoms with Gasteiger partial charge in [0.05, 0.1) is 6.04 Å². The van der Waals surface area contributed by atoms with Gasteiger partial charge >= 0.3 is 0 Å². The van der Waals surface area contributed by atoms with E-state index in [2.05, 4.69) is 28.9 Å². The van der Waals surface area contributed by atoms with Gasteiger partial charge in [0.25, 0.3) is 10.9 Å². The van der Waals surface area contributed by atoms with Crippen LogP contribution < -0.4 is 20.7 Å². The van der Waals surface area contributed by atoms with Gasteiger partial charge in [0.1, 0.15) is 11.4 Å². The van der Waals surface area contributed by atoms with Crippen molar-refractivity contribution in [3.8, 4) is 0 Å². The minimum absolute atomic E-state index is 0.0423. The van der Waals surface area contributed by atoms with Gasteiger partial charge in [-0.3, -0.25) is 14.6 Å². The number of benzene rings is 1. The minimum Gasteiger partial charge on any atom is -0.360 e. The molecule has 4 rings (SSSR count). The van der Waals surface area contributed by atoms with Crippen LogP contribution in [0.4, 0.5) is 17.1 Å². The monoisotopic (exact) mass is 333 g/mol. The van der Waals surface area contributed by atoms with Crippen molar-refractivity contribution in [2.24, 2.45) is 0 Å². The molecule has 1 unspecified atom stereocenters. The van der Waals surface area contributed by atoms with Crippen molar-refractivity contribution >= 4 is 17.1 Å². The van der Waals surface area contributed by atoms with Crippen molar-refractivity contribution < 1.29 is 0 Å². The zero-order chi connectivity index (χ0) is 17.4.